The molecular formula is C14H17ClN2O. The number of rotatable bonds is 1. The fourth-order valence-corrected chi connectivity index (χ4v) is 3.50. The maximum atomic E-state index is 12.5. The number of nitrogens with zero attached hydrogens (tertiary/aromatic N) is 2. The third kappa shape index (κ3) is 2.12. The molecule has 0 spiro atoms. The second kappa shape index (κ2) is 4.88. The van der Waals surface area contributed by atoms with E-state index < -0.39 is 0 Å². The van der Waals surface area contributed by atoms with Gasteiger partial charge in [0, 0.05) is 12.6 Å². The number of carbonyl (C=O) groups excluding carboxylic acids is 1. The summed E-state index contributed by atoms with van der Waals surface area (Å²) in [7, 11) is 0. The molecular weight excluding hydrogens is 248 g/mol. The Bertz CT molecular complexity index is 463. The fraction of sp³-hybridized carbons (Fsp3) is 0.571. The molecule has 3 rings (SSSR count). The molecule has 0 N–H and O–H groups in total. The first-order valence-electron chi connectivity index (χ1n) is 6.69. The summed E-state index contributed by atoms with van der Waals surface area (Å²) in [6.45, 7) is 0.877. The van der Waals surface area contributed by atoms with Gasteiger partial charge in [0.1, 0.15) is 10.8 Å². The molecule has 96 valence electrons. The summed E-state index contributed by atoms with van der Waals surface area (Å²) in [5.41, 5.74) is 0.480. The molecule has 1 aromatic rings. The van der Waals surface area contributed by atoms with Crippen LogP contribution in [0.2, 0.25) is 5.15 Å². The highest BCUT2D eigenvalue weighted by molar-refractivity contribution is 6.29. The van der Waals surface area contributed by atoms with Gasteiger partial charge in [-0.25, -0.2) is 4.98 Å². The van der Waals surface area contributed by atoms with Gasteiger partial charge >= 0.3 is 0 Å². The summed E-state index contributed by atoms with van der Waals surface area (Å²) in [6.07, 6.45) is 6.14. The Kier molecular flexibility index (Phi) is 3.25. The average molecular weight is 265 g/mol. The van der Waals surface area contributed by atoms with Crippen LogP contribution in [0.3, 0.4) is 0 Å². The number of pyridine rings is 1. The molecule has 18 heavy (non-hydrogen) atoms. The highest BCUT2D eigenvalue weighted by Gasteiger charge is 2.38. The number of aromatic nitrogens is 1. The molecule has 2 atom stereocenters. The van der Waals surface area contributed by atoms with Gasteiger partial charge in [0.2, 0.25) is 0 Å². The first kappa shape index (κ1) is 12.0. The fourth-order valence-electron chi connectivity index (χ4n) is 3.33. The summed E-state index contributed by atoms with van der Waals surface area (Å²) in [6, 6.07) is 5.68. The van der Waals surface area contributed by atoms with Gasteiger partial charge in [-0.05, 0) is 37.3 Å². The molecule has 1 aliphatic carbocycles. The third-order valence-corrected chi connectivity index (χ3v) is 4.42. The van der Waals surface area contributed by atoms with Crippen molar-refractivity contribution in [1.29, 1.82) is 0 Å². The normalized spacial score (nSPS) is 27.1. The number of amides is 1. The van der Waals surface area contributed by atoms with E-state index in [9.17, 15) is 4.79 Å². The lowest BCUT2D eigenvalue weighted by molar-refractivity contribution is 0.0684. The van der Waals surface area contributed by atoms with Gasteiger partial charge in [0.25, 0.3) is 5.91 Å². The van der Waals surface area contributed by atoms with E-state index in [4.69, 9.17) is 11.6 Å². The van der Waals surface area contributed by atoms with Crippen LogP contribution in [-0.4, -0.2) is 28.4 Å². The Labute approximate surface area is 112 Å². The van der Waals surface area contributed by atoms with Gasteiger partial charge in [-0.1, -0.05) is 30.5 Å². The Morgan fingerprint density at radius 1 is 1.28 bits per heavy atom. The van der Waals surface area contributed by atoms with Crippen molar-refractivity contribution in [1.82, 2.24) is 9.88 Å². The van der Waals surface area contributed by atoms with Crippen molar-refractivity contribution in [3.05, 3.63) is 29.0 Å². The van der Waals surface area contributed by atoms with E-state index in [0.29, 0.717) is 22.8 Å². The Morgan fingerprint density at radius 3 is 2.94 bits per heavy atom. The summed E-state index contributed by atoms with van der Waals surface area (Å²) in [5.74, 6) is 0.758. The van der Waals surface area contributed by atoms with Crippen molar-refractivity contribution in [3.8, 4) is 0 Å². The lowest BCUT2D eigenvalue weighted by Gasteiger charge is -2.31. The predicted molar refractivity (Wildman–Crippen MR) is 70.6 cm³/mol. The second-order valence-electron chi connectivity index (χ2n) is 5.24. The van der Waals surface area contributed by atoms with Gasteiger partial charge in [0.05, 0.1) is 0 Å². The van der Waals surface area contributed by atoms with E-state index in [0.717, 1.165) is 19.4 Å². The summed E-state index contributed by atoms with van der Waals surface area (Å²) in [5, 5.41) is 0.389. The highest BCUT2D eigenvalue weighted by atomic mass is 35.5. The number of fused-ring (bicyclic) bond motifs is 1. The summed E-state index contributed by atoms with van der Waals surface area (Å²) in [4.78, 5) is 18.6. The van der Waals surface area contributed by atoms with Gasteiger partial charge in [-0.15, -0.1) is 0 Å². The number of carbonyl (C=O) groups is 1. The van der Waals surface area contributed by atoms with Crippen LogP contribution >= 0.6 is 11.6 Å². The SMILES string of the molecule is O=C(c1cccc(Cl)n1)N1CCC2CCCCC21. The molecule has 1 saturated heterocycles. The lowest BCUT2D eigenvalue weighted by Crippen LogP contribution is -2.39. The average Bonchev–Trinajstić information content (AvgIpc) is 2.82. The molecule has 3 nitrogen and oxygen atoms in total. The van der Waals surface area contributed by atoms with Crippen molar-refractivity contribution in [2.45, 2.75) is 38.1 Å². The molecule has 0 radical (unpaired) electrons. The Hall–Kier alpha value is -1.09. The van der Waals surface area contributed by atoms with Crippen LogP contribution in [0, 0.1) is 5.92 Å². The minimum atomic E-state index is 0.0481. The molecule has 0 aromatic carbocycles. The maximum Gasteiger partial charge on any atom is 0.272 e. The van der Waals surface area contributed by atoms with E-state index >= 15 is 0 Å². The molecule has 1 saturated carbocycles. The molecule has 0 bridgehead atoms. The van der Waals surface area contributed by atoms with Crippen LogP contribution < -0.4 is 0 Å². The Balaban J connectivity index is 1.80. The van der Waals surface area contributed by atoms with Gasteiger partial charge in [-0.2, -0.15) is 0 Å². The van der Waals surface area contributed by atoms with Crippen LogP contribution in [0.4, 0.5) is 0 Å². The molecule has 2 heterocycles. The van der Waals surface area contributed by atoms with Crippen LogP contribution in [0.25, 0.3) is 0 Å². The maximum absolute atomic E-state index is 12.5. The molecule has 4 heteroatoms. The smallest absolute Gasteiger partial charge is 0.272 e. The van der Waals surface area contributed by atoms with Crippen LogP contribution in [0.1, 0.15) is 42.6 Å². The van der Waals surface area contributed by atoms with E-state index in [1.807, 2.05) is 4.90 Å². The van der Waals surface area contributed by atoms with E-state index in [1.165, 1.54) is 19.3 Å². The topological polar surface area (TPSA) is 33.2 Å². The molecule has 1 aromatic heterocycles. The minimum Gasteiger partial charge on any atom is -0.334 e. The van der Waals surface area contributed by atoms with Crippen LogP contribution in [0.15, 0.2) is 18.2 Å². The Morgan fingerprint density at radius 2 is 2.11 bits per heavy atom. The van der Waals surface area contributed by atoms with Gasteiger partial charge < -0.3 is 4.90 Å². The summed E-state index contributed by atoms with van der Waals surface area (Å²) < 4.78 is 0. The number of likely N-dealkylation sites (tertiary alicyclic amines) is 1. The quantitative estimate of drug-likeness (QED) is 0.730. The number of halogens is 1. The zero-order valence-corrected chi connectivity index (χ0v) is 11.1. The lowest BCUT2D eigenvalue weighted by atomic mass is 9.85. The zero-order chi connectivity index (χ0) is 12.5. The van der Waals surface area contributed by atoms with Gasteiger partial charge in [0.15, 0.2) is 0 Å². The van der Waals surface area contributed by atoms with E-state index in [2.05, 4.69) is 4.98 Å². The van der Waals surface area contributed by atoms with Crippen molar-refractivity contribution < 1.29 is 4.79 Å². The van der Waals surface area contributed by atoms with Crippen molar-refractivity contribution in [3.63, 3.8) is 0 Å². The standard InChI is InChI=1S/C14H17ClN2O/c15-13-7-3-5-11(16-13)14(18)17-9-8-10-4-1-2-6-12(10)17/h3,5,7,10,12H,1-2,4,6,8-9H2. The van der Waals surface area contributed by atoms with E-state index in [-0.39, 0.29) is 5.91 Å². The first-order chi connectivity index (χ1) is 8.75. The zero-order valence-electron chi connectivity index (χ0n) is 10.3. The molecule has 2 fully saturated rings. The monoisotopic (exact) mass is 264 g/mol. The predicted octanol–water partition coefficient (Wildman–Crippen LogP) is 3.14. The van der Waals surface area contributed by atoms with E-state index in [1.54, 1.807) is 18.2 Å². The first-order valence-corrected chi connectivity index (χ1v) is 7.07. The number of hydrogen-bond donors (Lipinski definition) is 0. The third-order valence-electron chi connectivity index (χ3n) is 4.21. The minimum absolute atomic E-state index is 0.0481. The van der Waals surface area contributed by atoms with Crippen molar-refractivity contribution >= 4 is 17.5 Å². The number of hydrogen-bond acceptors (Lipinski definition) is 2. The second-order valence-corrected chi connectivity index (χ2v) is 5.63. The van der Waals surface area contributed by atoms with Crippen LogP contribution in [-0.2, 0) is 0 Å². The molecule has 2 unspecified atom stereocenters. The van der Waals surface area contributed by atoms with Crippen LogP contribution in [0.5, 0.6) is 0 Å². The molecule has 1 aliphatic heterocycles. The van der Waals surface area contributed by atoms with Gasteiger partial charge in [-0.3, -0.25) is 4.79 Å². The largest absolute Gasteiger partial charge is 0.334 e. The van der Waals surface area contributed by atoms with Crippen molar-refractivity contribution in [2.75, 3.05) is 6.54 Å². The summed E-state index contributed by atoms with van der Waals surface area (Å²) >= 11 is 5.85. The molecule has 1 amide bonds. The molecule has 2 aliphatic rings. The van der Waals surface area contributed by atoms with Crippen molar-refractivity contribution in [2.24, 2.45) is 5.92 Å². The highest BCUT2D eigenvalue weighted by Crippen LogP contribution is 2.36.